The Balaban J connectivity index is 1.61. The van der Waals surface area contributed by atoms with E-state index < -0.39 is 20.2 Å². The van der Waals surface area contributed by atoms with Gasteiger partial charge in [-0.3, -0.25) is 9.59 Å². The lowest BCUT2D eigenvalue weighted by Crippen LogP contribution is -2.27. The number of carbonyl (C=O) groups is 2. The van der Waals surface area contributed by atoms with Crippen molar-refractivity contribution >= 4 is 41.6 Å². The number of hydrogen-bond acceptors (Lipinski definition) is 6. The number of esters is 1. The number of fused-ring (bicyclic) bond motifs is 1. The van der Waals surface area contributed by atoms with Crippen LogP contribution in [-0.2, 0) is 9.53 Å². The highest BCUT2D eigenvalue weighted by Gasteiger charge is 2.57. The number of nitrogens with zero attached hydrogens (tertiary/aromatic N) is 1. The molecule has 0 bridgehead atoms. The molecule has 6 nitrogen and oxygen atoms in total. The van der Waals surface area contributed by atoms with Crippen LogP contribution >= 0.6 is 19.6 Å². The molecule has 3 aromatic rings. The number of ether oxygens (including phenoxy) is 1. The summed E-state index contributed by atoms with van der Waals surface area (Å²) in [6.45, 7) is 4.24. The first kappa shape index (κ1) is 20.8. The molecule has 0 aliphatic carbocycles. The molecule has 1 saturated heterocycles. The molecule has 1 aliphatic heterocycles. The Bertz CT molecular complexity index is 1070. The summed E-state index contributed by atoms with van der Waals surface area (Å²) in [5.74, 6) is 0.0902. The van der Waals surface area contributed by atoms with Crippen LogP contribution in [0.2, 0.25) is 0 Å². The molecule has 4 unspecified atom stereocenters. The van der Waals surface area contributed by atoms with Crippen molar-refractivity contribution in [1.29, 1.82) is 0 Å². The molecule has 0 saturated carbocycles. The topological polar surface area (TPSA) is 81.6 Å². The number of carbonyl (C=O) groups excluding carboxylic acids is 2. The highest BCUT2D eigenvalue weighted by molar-refractivity contribution is 7.57. The lowest BCUT2D eigenvalue weighted by atomic mass is 10.1. The maximum atomic E-state index is 12.5. The summed E-state index contributed by atoms with van der Waals surface area (Å²) in [6.07, 6.45) is 0.786. The number of hydrogen-bond donors (Lipinski definition) is 1. The van der Waals surface area contributed by atoms with Gasteiger partial charge in [-0.05, 0) is 54.6 Å². The van der Waals surface area contributed by atoms with Gasteiger partial charge in [-0.2, -0.15) is 0 Å². The van der Waals surface area contributed by atoms with Crippen molar-refractivity contribution in [2.45, 2.75) is 32.1 Å². The van der Waals surface area contributed by atoms with Crippen LogP contribution in [0.5, 0.6) is 5.75 Å². The fraction of sp³-hybridized carbons (Fsp3) is 0.273. The number of primary amides is 1. The Kier molecular flexibility index (Phi) is 6.04. The first-order valence-electron chi connectivity index (χ1n) is 9.80. The van der Waals surface area contributed by atoms with Gasteiger partial charge in [0.15, 0.2) is 8.30 Å². The molecule has 156 valence electrons. The maximum Gasteiger partial charge on any atom is 0.323 e. The average molecular weight is 442 g/mol. The van der Waals surface area contributed by atoms with Crippen LogP contribution in [0.25, 0.3) is 10.1 Å². The molecular weight excluding hydrogens is 419 g/mol. The summed E-state index contributed by atoms with van der Waals surface area (Å²) in [4.78, 5) is 24.5. The largest absolute Gasteiger partial charge is 0.465 e. The Morgan fingerprint density at radius 2 is 1.97 bits per heavy atom. The third-order valence-electron chi connectivity index (χ3n) is 4.84. The summed E-state index contributed by atoms with van der Waals surface area (Å²) in [5, 5.41) is 0.967. The monoisotopic (exact) mass is 442 g/mol. The standard InChI is InChI=1S/C22H23N2O4PS/c1-3-11-27-22(26)14(2)24-21(29(24)28-17-7-5-4-6-8-17)15-9-10-18-16(12-15)13-19(30-18)20(23)25/h4-10,12-14,21H,3,11H2,1-2H3,(H2,23,25). The van der Waals surface area contributed by atoms with Crippen LogP contribution in [-0.4, -0.2) is 29.2 Å². The highest BCUT2D eigenvalue weighted by Crippen LogP contribution is 2.75. The number of nitrogens with two attached hydrogens (primary N) is 1. The molecule has 1 aromatic heterocycles. The van der Waals surface area contributed by atoms with E-state index in [1.54, 1.807) is 0 Å². The van der Waals surface area contributed by atoms with E-state index in [0.717, 1.165) is 27.8 Å². The Morgan fingerprint density at radius 1 is 1.20 bits per heavy atom. The van der Waals surface area contributed by atoms with Gasteiger partial charge in [-0.15, -0.1) is 11.3 Å². The molecule has 1 fully saturated rings. The predicted molar refractivity (Wildman–Crippen MR) is 120 cm³/mol. The van der Waals surface area contributed by atoms with Crippen LogP contribution in [0.4, 0.5) is 0 Å². The van der Waals surface area contributed by atoms with Crippen molar-refractivity contribution in [3.8, 4) is 5.75 Å². The van der Waals surface area contributed by atoms with Gasteiger partial charge in [-0.1, -0.05) is 31.2 Å². The molecule has 4 atom stereocenters. The Hall–Kier alpha value is -2.47. The Labute approximate surface area is 180 Å². The van der Waals surface area contributed by atoms with Crippen LogP contribution in [0.15, 0.2) is 54.6 Å². The van der Waals surface area contributed by atoms with Crippen molar-refractivity contribution in [2.75, 3.05) is 6.61 Å². The molecule has 0 radical (unpaired) electrons. The first-order chi connectivity index (χ1) is 14.5. The second kappa shape index (κ2) is 8.72. The molecule has 4 rings (SSSR count). The fourth-order valence-electron chi connectivity index (χ4n) is 3.29. The summed E-state index contributed by atoms with van der Waals surface area (Å²) < 4.78 is 14.7. The smallest absolute Gasteiger partial charge is 0.323 e. The van der Waals surface area contributed by atoms with Gasteiger partial charge in [-0.25, -0.2) is 4.67 Å². The van der Waals surface area contributed by atoms with Crippen molar-refractivity contribution in [1.82, 2.24) is 4.67 Å². The zero-order chi connectivity index (χ0) is 21.3. The Morgan fingerprint density at radius 3 is 2.67 bits per heavy atom. The molecule has 30 heavy (non-hydrogen) atoms. The van der Waals surface area contributed by atoms with Gasteiger partial charge in [0, 0.05) is 4.70 Å². The maximum absolute atomic E-state index is 12.5. The van der Waals surface area contributed by atoms with Crippen molar-refractivity contribution in [2.24, 2.45) is 5.73 Å². The lowest BCUT2D eigenvalue weighted by Gasteiger charge is -2.13. The quantitative estimate of drug-likeness (QED) is 0.300. The molecule has 1 amide bonds. The van der Waals surface area contributed by atoms with Gasteiger partial charge in [0.05, 0.1) is 11.5 Å². The number of rotatable bonds is 8. The summed E-state index contributed by atoms with van der Waals surface area (Å²) in [7, 11) is -1.03. The molecule has 0 spiro atoms. The van der Waals surface area contributed by atoms with E-state index in [1.807, 2.05) is 62.4 Å². The molecule has 1 aliphatic rings. The van der Waals surface area contributed by atoms with Crippen LogP contribution < -0.4 is 10.3 Å². The first-order valence-corrected chi connectivity index (χ1v) is 11.9. The summed E-state index contributed by atoms with van der Waals surface area (Å²) >= 11 is 1.38. The normalized spacial score (nSPS) is 21.2. The number of thiophene rings is 1. The minimum atomic E-state index is -1.03. The number of benzene rings is 2. The van der Waals surface area contributed by atoms with E-state index in [1.165, 1.54) is 11.3 Å². The molecule has 8 heteroatoms. The second-order valence-corrected chi connectivity index (χ2v) is 9.90. The van der Waals surface area contributed by atoms with Gasteiger partial charge in [0.1, 0.15) is 17.6 Å². The zero-order valence-corrected chi connectivity index (χ0v) is 18.5. The molecular formula is C22H23N2O4PS. The minimum absolute atomic E-state index is 0.0225. The lowest BCUT2D eigenvalue weighted by molar-refractivity contribution is -0.147. The SMILES string of the molecule is CCCOC(=O)C(C)N1C(c2ccc3sc(C(N)=O)cc3c2)P1Oc1ccccc1. The number of para-hydroxylation sites is 1. The van der Waals surface area contributed by atoms with Crippen LogP contribution in [0.1, 0.15) is 41.3 Å². The summed E-state index contributed by atoms with van der Waals surface area (Å²) in [6, 6.07) is 17.1. The molecule has 2 N–H and O–H groups in total. The van der Waals surface area contributed by atoms with Gasteiger partial charge in [0.2, 0.25) is 0 Å². The zero-order valence-electron chi connectivity index (χ0n) is 16.8. The second-order valence-electron chi connectivity index (χ2n) is 7.08. The van der Waals surface area contributed by atoms with E-state index in [9.17, 15) is 9.59 Å². The van der Waals surface area contributed by atoms with E-state index in [4.69, 9.17) is 15.0 Å². The van der Waals surface area contributed by atoms with Gasteiger partial charge < -0.3 is 15.0 Å². The fourth-order valence-corrected chi connectivity index (χ4v) is 6.37. The van der Waals surface area contributed by atoms with Crippen LogP contribution in [0, 0.1) is 0 Å². The van der Waals surface area contributed by atoms with E-state index in [2.05, 4.69) is 10.7 Å². The van der Waals surface area contributed by atoms with Crippen LogP contribution in [0.3, 0.4) is 0 Å². The number of amides is 1. The third kappa shape index (κ3) is 4.19. The third-order valence-corrected chi connectivity index (χ3v) is 8.13. The van der Waals surface area contributed by atoms with Gasteiger partial charge in [0.25, 0.3) is 5.91 Å². The van der Waals surface area contributed by atoms with E-state index in [0.29, 0.717) is 11.5 Å². The van der Waals surface area contributed by atoms with Gasteiger partial charge >= 0.3 is 5.97 Å². The predicted octanol–water partition coefficient (Wildman–Crippen LogP) is 5.05. The van der Waals surface area contributed by atoms with Crippen molar-refractivity contribution in [3.05, 3.63) is 65.0 Å². The summed E-state index contributed by atoms with van der Waals surface area (Å²) in [5.41, 5.74) is 6.48. The van der Waals surface area contributed by atoms with E-state index in [-0.39, 0.29) is 11.8 Å². The molecule has 2 aromatic carbocycles. The van der Waals surface area contributed by atoms with Crippen molar-refractivity contribution < 1.29 is 18.8 Å². The average Bonchev–Trinajstić information content (AvgIpc) is 3.27. The van der Waals surface area contributed by atoms with E-state index >= 15 is 0 Å². The highest BCUT2D eigenvalue weighted by atomic mass is 32.1. The molecule has 2 heterocycles. The minimum Gasteiger partial charge on any atom is -0.465 e. The van der Waals surface area contributed by atoms with Crippen molar-refractivity contribution in [3.63, 3.8) is 0 Å².